The number of hydrogen-bond donors (Lipinski definition) is 0. The van der Waals surface area contributed by atoms with Crippen LogP contribution in [0.15, 0.2) is 6.20 Å². The van der Waals surface area contributed by atoms with Crippen molar-refractivity contribution in [3.05, 3.63) is 28.0 Å². The van der Waals surface area contributed by atoms with Gasteiger partial charge in [0.2, 0.25) is 0 Å². The average Bonchev–Trinajstić information content (AvgIpc) is 2.17. The van der Waals surface area contributed by atoms with E-state index in [-0.39, 0.29) is 0 Å². The summed E-state index contributed by atoms with van der Waals surface area (Å²) < 4.78 is 0. The van der Waals surface area contributed by atoms with Crippen molar-refractivity contribution in [2.45, 2.75) is 40.0 Å². The van der Waals surface area contributed by atoms with Crippen LogP contribution in [0, 0.1) is 0 Å². The first kappa shape index (κ1) is 10.5. The molecule has 2 heteroatoms. The number of aromatic nitrogens is 1. The van der Waals surface area contributed by atoms with E-state index in [1.807, 2.05) is 0 Å². The second-order valence-electron chi connectivity index (χ2n) is 3.07. The molecule has 0 aromatic carbocycles. The van der Waals surface area contributed by atoms with Crippen molar-refractivity contribution < 1.29 is 0 Å². The van der Waals surface area contributed by atoms with Crippen LogP contribution in [-0.2, 0) is 19.3 Å². The standard InChI is InChI=1S/C11H16ClN/c1-4-8-9(5-2)11(6-3)13-7-10(8)12/h7H,4-6H2,1-3H3. The van der Waals surface area contributed by atoms with Crippen molar-refractivity contribution in [3.8, 4) is 0 Å². The van der Waals surface area contributed by atoms with E-state index in [0.29, 0.717) is 0 Å². The zero-order valence-electron chi connectivity index (χ0n) is 8.52. The summed E-state index contributed by atoms with van der Waals surface area (Å²) in [6.07, 6.45) is 4.79. The third-order valence-corrected chi connectivity index (χ3v) is 2.70. The molecule has 0 amide bonds. The SMILES string of the molecule is CCc1ncc(Cl)c(CC)c1CC. The van der Waals surface area contributed by atoms with E-state index in [4.69, 9.17) is 11.6 Å². The van der Waals surface area contributed by atoms with Gasteiger partial charge in [-0.05, 0) is 30.4 Å². The summed E-state index contributed by atoms with van der Waals surface area (Å²) in [4.78, 5) is 4.34. The van der Waals surface area contributed by atoms with Crippen LogP contribution in [0.4, 0.5) is 0 Å². The molecule has 0 N–H and O–H groups in total. The first-order chi connectivity index (χ1) is 6.24. The topological polar surface area (TPSA) is 12.9 Å². The van der Waals surface area contributed by atoms with Gasteiger partial charge in [-0.3, -0.25) is 4.98 Å². The smallest absolute Gasteiger partial charge is 0.0624 e. The van der Waals surface area contributed by atoms with E-state index in [2.05, 4.69) is 25.8 Å². The van der Waals surface area contributed by atoms with Gasteiger partial charge in [0.05, 0.1) is 5.02 Å². The maximum Gasteiger partial charge on any atom is 0.0624 e. The summed E-state index contributed by atoms with van der Waals surface area (Å²) in [5.74, 6) is 0. The lowest BCUT2D eigenvalue weighted by Gasteiger charge is -2.11. The molecule has 1 rings (SSSR count). The van der Waals surface area contributed by atoms with Gasteiger partial charge in [0.25, 0.3) is 0 Å². The number of aryl methyl sites for hydroxylation is 1. The van der Waals surface area contributed by atoms with Crippen molar-refractivity contribution in [1.29, 1.82) is 0 Å². The van der Waals surface area contributed by atoms with E-state index >= 15 is 0 Å². The fourth-order valence-corrected chi connectivity index (χ4v) is 2.01. The van der Waals surface area contributed by atoms with Gasteiger partial charge in [0, 0.05) is 11.9 Å². The van der Waals surface area contributed by atoms with Gasteiger partial charge >= 0.3 is 0 Å². The lowest BCUT2D eigenvalue weighted by atomic mass is 10.0. The number of pyridine rings is 1. The summed E-state index contributed by atoms with van der Waals surface area (Å²) in [6.45, 7) is 6.43. The lowest BCUT2D eigenvalue weighted by Crippen LogP contribution is -2.01. The molecule has 13 heavy (non-hydrogen) atoms. The Labute approximate surface area is 85.1 Å². The van der Waals surface area contributed by atoms with Crippen LogP contribution in [0.3, 0.4) is 0 Å². The van der Waals surface area contributed by atoms with Gasteiger partial charge < -0.3 is 0 Å². The minimum absolute atomic E-state index is 0.816. The zero-order valence-corrected chi connectivity index (χ0v) is 9.28. The van der Waals surface area contributed by atoms with Crippen LogP contribution in [0.5, 0.6) is 0 Å². The third-order valence-electron chi connectivity index (χ3n) is 2.38. The molecular weight excluding hydrogens is 182 g/mol. The van der Waals surface area contributed by atoms with E-state index in [9.17, 15) is 0 Å². The summed E-state index contributed by atoms with van der Waals surface area (Å²) in [7, 11) is 0. The van der Waals surface area contributed by atoms with E-state index in [1.54, 1.807) is 6.20 Å². The molecule has 0 radical (unpaired) electrons. The van der Waals surface area contributed by atoms with Crippen LogP contribution in [0.1, 0.15) is 37.6 Å². The van der Waals surface area contributed by atoms with Crippen molar-refractivity contribution in [2.75, 3.05) is 0 Å². The van der Waals surface area contributed by atoms with Crippen molar-refractivity contribution in [1.82, 2.24) is 4.98 Å². The van der Waals surface area contributed by atoms with Gasteiger partial charge in [-0.1, -0.05) is 32.4 Å². The maximum absolute atomic E-state index is 6.07. The molecule has 1 heterocycles. The van der Waals surface area contributed by atoms with Crippen molar-refractivity contribution >= 4 is 11.6 Å². The van der Waals surface area contributed by atoms with E-state index in [1.165, 1.54) is 16.8 Å². The molecular formula is C11H16ClN. The predicted octanol–water partition coefficient (Wildman–Crippen LogP) is 3.42. The Bertz CT molecular complexity index is 294. The Morgan fingerprint density at radius 3 is 2.15 bits per heavy atom. The highest BCUT2D eigenvalue weighted by atomic mass is 35.5. The molecule has 0 unspecified atom stereocenters. The summed E-state index contributed by atoms with van der Waals surface area (Å²) in [5.41, 5.74) is 3.82. The monoisotopic (exact) mass is 197 g/mol. The quantitative estimate of drug-likeness (QED) is 0.724. The van der Waals surface area contributed by atoms with Crippen LogP contribution in [0.2, 0.25) is 5.02 Å². The van der Waals surface area contributed by atoms with Gasteiger partial charge in [-0.15, -0.1) is 0 Å². The highest BCUT2D eigenvalue weighted by Crippen LogP contribution is 2.23. The average molecular weight is 198 g/mol. The van der Waals surface area contributed by atoms with Crippen molar-refractivity contribution in [3.63, 3.8) is 0 Å². The van der Waals surface area contributed by atoms with E-state index < -0.39 is 0 Å². The van der Waals surface area contributed by atoms with Gasteiger partial charge in [0.15, 0.2) is 0 Å². The normalized spacial score (nSPS) is 10.5. The molecule has 0 saturated heterocycles. The molecule has 0 saturated carbocycles. The minimum atomic E-state index is 0.816. The fraction of sp³-hybridized carbons (Fsp3) is 0.545. The Balaban J connectivity index is 3.27. The molecule has 0 aliphatic heterocycles. The Morgan fingerprint density at radius 1 is 1.08 bits per heavy atom. The van der Waals surface area contributed by atoms with Crippen LogP contribution >= 0.6 is 11.6 Å². The first-order valence-corrected chi connectivity index (χ1v) is 5.27. The second-order valence-corrected chi connectivity index (χ2v) is 3.48. The zero-order chi connectivity index (χ0) is 9.84. The van der Waals surface area contributed by atoms with Crippen molar-refractivity contribution in [2.24, 2.45) is 0 Å². The fourth-order valence-electron chi connectivity index (χ4n) is 1.71. The lowest BCUT2D eigenvalue weighted by molar-refractivity contribution is 0.926. The highest BCUT2D eigenvalue weighted by Gasteiger charge is 2.08. The molecule has 1 aromatic rings. The molecule has 1 aromatic heterocycles. The molecule has 0 fully saturated rings. The Kier molecular flexibility index (Phi) is 3.73. The van der Waals surface area contributed by atoms with Gasteiger partial charge in [0.1, 0.15) is 0 Å². The Hall–Kier alpha value is -0.560. The highest BCUT2D eigenvalue weighted by molar-refractivity contribution is 6.31. The number of nitrogens with zero attached hydrogens (tertiary/aromatic N) is 1. The largest absolute Gasteiger partial charge is 0.259 e. The molecule has 0 spiro atoms. The van der Waals surface area contributed by atoms with E-state index in [0.717, 1.165) is 24.3 Å². The Morgan fingerprint density at radius 2 is 1.69 bits per heavy atom. The van der Waals surface area contributed by atoms with Crippen LogP contribution in [-0.4, -0.2) is 4.98 Å². The number of hydrogen-bond acceptors (Lipinski definition) is 1. The molecule has 0 bridgehead atoms. The predicted molar refractivity (Wildman–Crippen MR) is 57.4 cm³/mol. The maximum atomic E-state index is 6.07. The summed E-state index contributed by atoms with van der Waals surface area (Å²) >= 11 is 6.07. The second kappa shape index (κ2) is 4.61. The summed E-state index contributed by atoms with van der Waals surface area (Å²) in [5, 5.41) is 0.816. The molecule has 1 nitrogen and oxygen atoms in total. The van der Waals surface area contributed by atoms with Crippen LogP contribution < -0.4 is 0 Å². The van der Waals surface area contributed by atoms with Gasteiger partial charge in [-0.2, -0.15) is 0 Å². The first-order valence-electron chi connectivity index (χ1n) is 4.89. The van der Waals surface area contributed by atoms with Crippen LogP contribution in [0.25, 0.3) is 0 Å². The minimum Gasteiger partial charge on any atom is -0.259 e. The third kappa shape index (κ3) is 2.02. The molecule has 72 valence electrons. The molecule has 0 atom stereocenters. The number of rotatable bonds is 3. The van der Waals surface area contributed by atoms with Gasteiger partial charge in [-0.25, -0.2) is 0 Å². The molecule has 0 aliphatic rings. The number of halogens is 1. The molecule has 0 aliphatic carbocycles. The summed E-state index contributed by atoms with van der Waals surface area (Å²) in [6, 6.07) is 0.